The predicted octanol–water partition coefficient (Wildman–Crippen LogP) is 2.80. The standard InChI is InChI=1S/C16H14F3N5OS/c17-16(18,19)9-24(7-1-4-20)15(25)12-8-26-14(23-12)11-3-6-22-13-10(11)2-5-21-13/h2-3,5-6,8,10-11H,1,7,9H2,(H,21,22). The van der Waals surface area contributed by atoms with Gasteiger partial charge in [-0.1, -0.05) is 12.2 Å². The van der Waals surface area contributed by atoms with Crippen molar-refractivity contribution in [2.75, 3.05) is 13.1 Å². The lowest BCUT2D eigenvalue weighted by molar-refractivity contribution is -0.140. The number of aliphatic imine (C=N–C) groups is 1. The fourth-order valence-corrected chi connectivity index (χ4v) is 3.68. The van der Waals surface area contributed by atoms with Crippen molar-refractivity contribution in [1.82, 2.24) is 15.2 Å². The van der Waals surface area contributed by atoms with Crippen molar-refractivity contribution in [3.63, 3.8) is 0 Å². The van der Waals surface area contributed by atoms with Crippen LogP contribution in [0.5, 0.6) is 0 Å². The molecule has 26 heavy (non-hydrogen) atoms. The summed E-state index contributed by atoms with van der Waals surface area (Å²) in [6, 6.07) is 1.76. The number of amidine groups is 1. The van der Waals surface area contributed by atoms with Crippen molar-refractivity contribution in [3.05, 3.63) is 40.6 Å². The maximum atomic E-state index is 12.7. The van der Waals surface area contributed by atoms with Crippen LogP contribution in [0.15, 0.2) is 34.9 Å². The molecule has 1 N–H and O–H groups in total. The molecule has 0 fully saturated rings. The minimum atomic E-state index is -4.54. The van der Waals surface area contributed by atoms with Crippen molar-refractivity contribution in [1.29, 1.82) is 5.26 Å². The topological polar surface area (TPSA) is 81.4 Å². The maximum absolute atomic E-state index is 12.7. The summed E-state index contributed by atoms with van der Waals surface area (Å²) in [5, 5.41) is 13.7. The van der Waals surface area contributed by atoms with Crippen LogP contribution in [0.3, 0.4) is 0 Å². The van der Waals surface area contributed by atoms with Crippen LogP contribution in [0, 0.1) is 17.2 Å². The largest absolute Gasteiger partial charge is 0.406 e. The lowest BCUT2D eigenvalue weighted by Crippen LogP contribution is -2.39. The van der Waals surface area contributed by atoms with Gasteiger partial charge in [0.1, 0.15) is 23.1 Å². The SMILES string of the molecule is N#CCCN(CC(F)(F)F)C(=O)c1csc(C2C=CNC3=NC=CC32)n1. The number of alkyl halides is 3. The maximum Gasteiger partial charge on any atom is 0.406 e. The van der Waals surface area contributed by atoms with E-state index < -0.39 is 18.6 Å². The molecular formula is C16H14F3N5OS. The zero-order valence-electron chi connectivity index (χ0n) is 13.4. The number of nitrogens with one attached hydrogen (secondary N) is 1. The fraction of sp³-hybridized carbons (Fsp3) is 0.375. The molecule has 2 aliphatic rings. The average Bonchev–Trinajstić information content (AvgIpc) is 3.25. The molecule has 3 rings (SSSR count). The number of nitriles is 1. The van der Waals surface area contributed by atoms with Crippen molar-refractivity contribution >= 4 is 23.1 Å². The first kappa shape index (κ1) is 18.1. The van der Waals surface area contributed by atoms with E-state index in [1.165, 1.54) is 16.7 Å². The summed E-state index contributed by atoms with van der Waals surface area (Å²) in [6.07, 6.45) is 2.49. The number of carbonyl (C=O) groups excluding carboxylic acids is 1. The van der Waals surface area contributed by atoms with Gasteiger partial charge in [-0.3, -0.25) is 4.79 Å². The molecule has 10 heteroatoms. The van der Waals surface area contributed by atoms with Crippen LogP contribution in [-0.4, -0.2) is 40.9 Å². The summed E-state index contributed by atoms with van der Waals surface area (Å²) >= 11 is 1.22. The lowest BCUT2D eigenvalue weighted by Gasteiger charge is -2.23. The van der Waals surface area contributed by atoms with Crippen LogP contribution in [-0.2, 0) is 0 Å². The number of rotatable bonds is 5. The molecule has 2 unspecified atom stereocenters. The van der Waals surface area contributed by atoms with E-state index in [-0.39, 0.29) is 30.5 Å². The Morgan fingerprint density at radius 3 is 2.92 bits per heavy atom. The molecule has 2 aliphatic heterocycles. The first-order valence-corrected chi connectivity index (χ1v) is 8.63. The third-order valence-electron chi connectivity index (χ3n) is 3.92. The Bertz CT molecular complexity index is 821. The molecule has 0 bridgehead atoms. The van der Waals surface area contributed by atoms with Gasteiger partial charge < -0.3 is 10.2 Å². The van der Waals surface area contributed by atoms with Gasteiger partial charge in [0.2, 0.25) is 0 Å². The van der Waals surface area contributed by atoms with E-state index in [0.717, 1.165) is 5.84 Å². The molecule has 0 aromatic carbocycles. The normalized spacial score (nSPS) is 20.9. The van der Waals surface area contributed by atoms with Crippen molar-refractivity contribution < 1.29 is 18.0 Å². The fourth-order valence-electron chi connectivity index (χ4n) is 2.76. The van der Waals surface area contributed by atoms with Crippen molar-refractivity contribution in [2.24, 2.45) is 10.9 Å². The first-order valence-electron chi connectivity index (χ1n) is 7.75. The number of halogens is 3. The number of thiazole rings is 1. The van der Waals surface area contributed by atoms with Crippen LogP contribution < -0.4 is 5.32 Å². The molecule has 1 aromatic rings. The molecule has 0 radical (unpaired) electrons. The van der Waals surface area contributed by atoms with E-state index in [4.69, 9.17) is 5.26 Å². The molecule has 136 valence electrons. The van der Waals surface area contributed by atoms with Gasteiger partial charge in [-0.2, -0.15) is 18.4 Å². The Hall–Kier alpha value is -2.67. The zero-order chi connectivity index (χ0) is 18.7. The van der Waals surface area contributed by atoms with Crippen LogP contribution in [0.25, 0.3) is 0 Å². The Balaban J connectivity index is 1.79. The van der Waals surface area contributed by atoms with Gasteiger partial charge in [0.15, 0.2) is 0 Å². The Morgan fingerprint density at radius 2 is 2.19 bits per heavy atom. The minimum Gasteiger partial charge on any atom is -0.350 e. The Kier molecular flexibility index (Phi) is 5.08. The predicted molar refractivity (Wildman–Crippen MR) is 89.4 cm³/mol. The third kappa shape index (κ3) is 3.94. The molecule has 0 saturated carbocycles. The van der Waals surface area contributed by atoms with E-state index in [0.29, 0.717) is 9.91 Å². The van der Waals surface area contributed by atoms with Gasteiger partial charge in [-0.15, -0.1) is 11.3 Å². The Labute approximate surface area is 151 Å². The van der Waals surface area contributed by atoms with E-state index in [1.54, 1.807) is 18.5 Å². The summed E-state index contributed by atoms with van der Waals surface area (Å²) < 4.78 is 38.2. The summed E-state index contributed by atoms with van der Waals surface area (Å²) in [6.45, 7) is -1.70. The number of amides is 1. The van der Waals surface area contributed by atoms with Gasteiger partial charge in [-0.25, -0.2) is 9.98 Å². The summed E-state index contributed by atoms with van der Waals surface area (Å²) in [7, 11) is 0. The monoisotopic (exact) mass is 381 g/mol. The zero-order valence-corrected chi connectivity index (χ0v) is 14.2. The highest BCUT2D eigenvalue weighted by molar-refractivity contribution is 7.10. The van der Waals surface area contributed by atoms with Gasteiger partial charge in [0.25, 0.3) is 5.91 Å². The van der Waals surface area contributed by atoms with Crippen LogP contribution in [0.2, 0.25) is 0 Å². The molecule has 1 amide bonds. The average molecular weight is 381 g/mol. The van der Waals surface area contributed by atoms with E-state index >= 15 is 0 Å². The molecule has 6 nitrogen and oxygen atoms in total. The number of allylic oxidation sites excluding steroid dienone is 1. The second-order valence-corrected chi connectivity index (χ2v) is 6.62. The summed E-state index contributed by atoms with van der Waals surface area (Å²) in [5.41, 5.74) is -0.0420. The molecule has 2 atom stereocenters. The number of hydrogen-bond acceptors (Lipinski definition) is 6. The van der Waals surface area contributed by atoms with Crippen LogP contribution in [0.4, 0.5) is 13.2 Å². The third-order valence-corrected chi connectivity index (χ3v) is 4.87. The minimum absolute atomic E-state index is 0.0287. The molecule has 3 heterocycles. The second kappa shape index (κ2) is 7.29. The van der Waals surface area contributed by atoms with Gasteiger partial charge in [0, 0.05) is 30.0 Å². The van der Waals surface area contributed by atoms with Gasteiger partial charge >= 0.3 is 6.18 Å². The quantitative estimate of drug-likeness (QED) is 0.850. The first-order chi connectivity index (χ1) is 12.4. The molecule has 0 saturated heterocycles. The van der Waals surface area contributed by atoms with Crippen LogP contribution in [0.1, 0.15) is 27.8 Å². The van der Waals surface area contributed by atoms with Gasteiger partial charge in [-0.05, 0) is 6.20 Å². The number of aromatic nitrogens is 1. The Morgan fingerprint density at radius 1 is 1.38 bits per heavy atom. The smallest absolute Gasteiger partial charge is 0.350 e. The van der Waals surface area contributed by atoms with Crippen LogP contribution >= 0.6 is 11.3 Å². The molecular weight excluding hydrogens is 367 g/mol. The number of fused-ring (bicyclic) bond motifs is 1. The number of carbonyl (C=O) groups is 1. The van der Waals surface area contributed by atoms with E-state index in [2.05, 4.69) is 15.3 Å². The van der Waals surface area contributed by atoms with E-state index in [1.807, 2.05) is 12.2 Å². The molecule has 0 aliphatic carbocycles. The highest BCUT2D eigenvalue weighted by Crippen LogP contribution is 2.34. The lowest BCUT2D eigenvalue weighted by atomic mass is 9.90. The summed E-state index contributed by atoms with van der Waals surface area (Å²) in [4.78, 5) is 21.5. The number of hydrogen-bond donors (Lipinski definition) is 1. The highest BCUT2D eigenvalue weighted by atomic mass is 32.1. The van der Waals surface area contributed by atoms with E-state index in [9.17, 15) is 18.0 Å². The molecule has 1 aromatic heterocycles. The van der Waals surface area contributed by atoms with Crippen molar-refractivity contribution in [2.45, 2.75) is 18.5 Å². The highest BCUT2D eigenvalue weighted by Gasteiger charge is 2.35. The number of nitrogens with zero attached hydrogens (tertiary/aromatic N) is 4. The molecule has 0 spiro atoms. The van der Waals surface area contributed by atoms with Gasteiger partial charge in [0.05, 0.1) is 12.5 Å². The van der Waals surface area contributed by atoms with Crippen molar-refractivity contribution in [3.8, 4) is 6.07 Å². The summed E-state index contributed by atoms with van der Waals surface area (Å²) in [5.74, 6) is -0.211. The second-order valence-electron chi connectivity index (χ2n) is 5.73.